The van der Waals surface area contributed by atoms with E-state index in [-0.39, 0.29) is 50.0 Å². The zero-order valence-electron chi connectivity index (χ0n) is 41.2. The number of hydrogen-bond donors (Lipinski definition) is 1. The Bertz CT molecular complexity index is 2960. The van der Waals surface area contributed by atoms with Crippen LogP contribution in [0.3, 0.4) is 0 Å². The number of para-hydroxylation sites is 1. The van der Waals surface area contributed by atoms with E-state index in [1.165, 1.54) is 11.1 Å². The van der Waals surface area contributed by atoms with Gasteiger partial charge in [-0.3, -0.25) is 0 Å². The van der Waals surface area contributed by atoms with E-state index in [9.17, 15) is 9.59 Å². The van der Waals surface area contributed by atoms with Crippen LogP contribution in [0.25, 0.3) is 10.9 Å². The monoisotopic (exact) mass is 994 g/mol. The van der Waals surface area contributed by atoms with Gasteiger partial charge in [-0.1, -0.05) is 157 Å². The van der Waals surface area contributed by atoms with Gasteiger partial charge in [0.15, 0.2) is 0 Å². The number of alkyl carbamates (subject to hydrolysis) is 1. The van der Waals surface area contributed by atoms with Crippen LogP contribution in [0.4, 0.5) is 4.79 Å². The second kappa shape index (κ2) is 23.7. The van der Waals surface area contributed by atoms with Crippen LogP contribution in [0.1, 0.15) is 65.9 Å². The molecule has 1 amide bonds. The summed E-state index contributed by atoms with van der Waals surface area (Å²) >= 11 is 0. The van der Waals surface area contributed by atoms with Crippen LogP contribution >= 0.6 is 0 Å². The fraction of sp³-hybridized carbons (Fsp3) is 0.310. The number of aromatic nitrogens is 1. The zero-order valence-corrected chi connectivity index (χ0v) is 42.0. The van der Waals surface area contributed by atoms with Crippen molar-refractivity contribution in [1.82, 2.24) is 9.29 Å². The van der Waals surface area contributed by atoms with Gasteiger partial charge in [0, 0.05) is 23.1 Å². The SMILES string of the molecule is COC(=O)[C@H](Cc1c([C@@H]2O[C@H](COCc3ccccc3)[C@@H](OCc3ccccc3)[C@H](OCc3ccccc3)[C@H]2OCc2ccccc2)c2ccccc2n1S(=O)(=O)c1ccc(C)cc1)NC(=O)OC(C)(C)C. The minimum atomic E-state index is -4.46. The third-order valence-corrected chi connectivity index (χ3v) is 14.0. The van der Waals surface area contributed by atoms with Gasteiger partial charge >= 0.3 is 12.1 Å². The van der Waals surface area contributed by atoms with E-state index in [1.807, 2.05) is 140 Å². The van der Waals surface area contributed by atoms with Crippen LogP contribution in [0.15, 0.2) is 175 Å². The van der Waals surface area contributed by atoms with Crippen LogP contribution in [0.2, 0.25) is 0 Å². The molecule has 1 aromatic heterocycles. The third-order valence-electron chi connectivity index (χ3n) is 12.3. The summed E-state index contributed by atoms with van der Waals surface area (Å²) in [5.74, 6) is -0.830. The Morgan fingerprint density at radius 1 is 0.639 bits per heavy atom. The van der Waals surface area contributed by atoms with Crippen molar-refractivity contribution < 1.29 is 51.2 Å². The molecule has 1 aliphatic heterocycles. The van der Waals surface area contributed by atoms with Crippen molar-refractivity contribution in [2.45, 2.75) is 108 Å². The van der Waals surface area contributed by atoms with E-state index < -0.39 is 64.2 Å². The summed E-state index contributed by atoms with van der Waals surface area (Å²) in [6, 6.07) is 51.2. The molecule has 6 atom stereocenters. The van der Waals surface area contributed by atoms with Gasteiger partial charge in [0.05, 0.1) is 50.6 Å². The summed E-state index contributed by atoms with van der Waals surface area (Å²) in [5.41, 5.74) is 4.40. The van der Waals surface area contributed by atoms with E-state index in [1.54, 1.807) is 57.2 Å². The average molecular weight is 995 g/mol. The fourth-order valence-electron chi connectivity index (χ4n) is 8.89. The molecule has 0 radical (unpaired) electrons. The van der Waals surface area contributed by atoms with Gasteiger partial charge in [0.25, 0.3) is 10.0 Å². The van der Waals surface area contributed by atoms with Crippen LogP contribution in [0.5, 0.6) is 0 Å². The Morgan fingerprint density at radius 2 is 1.12 bits per heavy atom. The molecule has 0 bridgehead atoms. The number of nitrogens with one attached hydrogen (secondary N) is 1. The van der Waals surface area contributed by atoms with Crippen LogP contribution in [-0.4, -0.2) is 74.2 Å². The number of ether oxygens (including phenoxy) is 7. The predicted molar refractivity (Wildman–Crippen MR) is 273 cm³/mol. The minimum Gasteiger partial charge on any atom is -0.467 e. The van der Waals surface area contributed by atoms with Gasteiger partial charge in [-0.15, -0.1) is 0 Å². The molecule has 6 aromatic carbocycles. The van der Waals surface area contributed by atoms with Crippen LogP contribution in [-0.2, 0) is 80.8 Å². The van der Waals surface area contributed by atoms with Crippen molar-refractivity contribution >= 4 is 33.0 Å². The first kappa shape index (κ1) is 51.7. The molecule has 1 N–H and O–H groups in total. The lowest BCUT2D eigenvalue weighted by atomic mass is 9.88. The summed E-state index contributed by atoms with van der Waals surface area (Å²) in [6.07, 6.45) is -5.95. The molecule has 72 heavy (non-hydrogen) atoms. The third kappa shape index (κ3) is 12.9. The lowest BCUT2D eigenvalue weighted by Gasteiger charge is -2.46. The molecule has 2 heterocycles. The smallest absolute Gasteiger partial charge is 0.408 e. The van der Waals surface area contributed by atoms with Gasteiger partial charge in [-0.2, -0.15) is 0 Å². The molecular formula is C58H62N2O11S. The van der Waals surface area contributed by atoms with Crippen LogP contribution < -0.4 is 5.32 Å². The lowest BCUT2D eigenvalue weighted by Crippen LogP contribution is -2.58. The number of fused-ring (bicyclic) bond motifs is 1. The Hall–Kier alpha value is -6.65. The Balaban J connectivity index is 1.35. The average Bonchev–Trinajstić information content (AvgIpc) is 3.71. The Kier molecular flexibility index (Phi) is 17.0. The number of carbonyl (C=O) groups is 2. The van der Waals surface area contributed by atoms with Crippen molar-refractivity contribution in [2.24, 2.45) is 0 Å². The molecule has 0 aliphatic carbocycles. The molecule has 0 saturated carbocycles. The number of esters is 1. The molecule has 1 fully saturated rings. The normalized spacial score (nSPS) is 18.6. The number of amides is 1. The molecule has 1 aliphatic rings. The van der Waals surface area contributed by atoms with Gasteiger partial charge in [0.2, 0.25) is 0 Å². The Morgan fingerprint density at radius 3 is 1.65 bits per heavy atom. The first-order valence-electron chi connectivity index (χ1n) is 24.0. The summed E-state index contributed by atoms with van der Waals surface area (Å²) in [7, 11) is -3.26. The maximum atomic E-state index is 15.4. The molecule has 14 heteroatoms. The zero-order chi connectivity index (χ0) is 50.7. The number of carbonyl (C=O) groups excluding carboxylic acids is 2. The van der Waals surface area contributed by atoms with Gasteiger partial charge in [-0.25, -0.2) is 22.0 Å². The summed E-state index contributed by atoms with van der Waals surface area (Å²) in [4.78, 5) is 27.5. The second-order valence-electron chi connectivity index (χ2n) is 18.8. The summed E-state index contributed by atoms with van der Waals surface area (Å²) < 4.78 is 78.1. The van der Waals surface area contributed by atoms with E-state index >= 15 is 8.42 Å². The van der Waals surface area contributed by atoms with Gasteiger partial charge in [0.1, 0.15) is 42.2 Å². The highest BCUT2D eigenvalue weighted by Gasteiger charge is 2.51. The second-order valence-corrected chi connectivity index (χ2v) is 20.6. The molecule has 8 rings (SSSR count). The van der Waals surface area contributed by atoms with E-state index in [2.05, 4.69) is 5.32 Å². The molecule has 0 unspecified atom stereocenters. The maximum absolute atomic E-state index is 15.4. The first-order valence-corrected chi connectivity index (χ1v) is 25.5. The number of benzene rings is 6. The quantitative estimate of drug-likeness (QED) is 0.0727. The topological polar surface area (TPSA) is 150 Å². The largest absolute Gasteiger partial charge is 0.467 e. The lowest BCUT2D eigenvalue weighted by molar-refractivity contribution is -0.275. The number of methoxy groups -OCH3 is 1. The van der Waals surface area contributed by atoms with Crippen molar-refractivity contribution in [2.75, 3.05) is 13.7 Å². The van der Waals surface area contributed by atoms with Crippen molar-refractivity contribution in [3.63, 3.8) is 0 Å². The summed E-state index contributed by atoms with van der Waals surface area (Å²) in [5, 5.41) is 3.19. The number of rotatable bonds is 20. The van der Waals surface area contributed by atoms with E-state index in [0.717, 1.165) is 27.8 Å². The van der Waals surface area contributed by atoms with Crippen molar-refractivity contribution in [3.05, 3.63) is 209 Å². The minimum absolute atomic E-state index is 0.00319. The molecule has 0 spiro atoms. The fourth-order valence-corrected chi connectivity index (χ4v) is 10.5. The predicted octanol–water partition coefficient (Wildman–Crippen LogP) is 10.2. The molecule has 1 saturated heterocycles. The highest BCUT2D eigenvalue weighted by molar-refractivity contribution is 7.90. The van der Waals surface area contributed by atoms with E-state index in [0.29, 0.717) is 16.5 Å². The van der Waals surface area contributed by atoms with Crippen molar-refractivity contribution in [1.29, 1.82) is 0 Å². The first-order chi connectivity index (χ1) is 34.8. The van der Waals surface area contributed by atoms with Gasteiger partial charge < -0.3 is 38.5 Å². The van der Waals surface area contributed by atoms with Crippen LogP contribution in [0, 0.1) is 6.92 Å². The molecular weight excluding hydrogens is 933 g/mol. The maximum Gasteiger partial charge on any atom is 0.408 e. The number of hydrogen-bond acceptors (Lipinski definition) is 11. The highest BCUT2D eigenvalue weighted by atomic mass is 32.2. The Labute approximate surface area is 422 Å². The van der Waals surface area contributed by atoms with E-state index in [4.69, 9.17) is 33.2 Å². The highest BCUT2D eigenvalue weighted by Crippen LogP contribution is 2.45. The molecule has 376 valence electrons. The van der Waals surface area contributed by atoms with Gasteiger partial charge in [-0.05, 0) is 68.1 Å². The van der Waals surface area contributed by atoms with Crippen molar-refractivity contribution in [3.8, 4) is 0 Å². The standard InChI is InChI=1S/C58H62N2O11S/c1-40-30-32-45(33-31-40)72(63,64)60-48-29-19-18-28-46(48)51(49(60)34-47(56(61)65-5)59-57(62)71-58(2,3)4)53-55(69-38-44-26-16-9-17-27-44)54(68-37-43-24-14-8-15-25-43)52(67-36-42-22-12-7-13-23-42)50(70-53)39-66-35-41-20-10-6-11-21-41/h6-33,47,50,52-55H,34-39H2,1-5H3,(H,59,62)/t47-,50+,52+,53-,54-,55-/m0/s1. The number of nitrogens with zero attached hydrogens (tertiary/aromatic N) is 1. The molecule has 13 nitrogen and oxygen atoms in total. The number of aryl methyl sites for hydroxylation is 1. The molecule has 7 aromatic rings. The summed E-state index contributed by atoms with van der Waals surface area (Å²) in [6.45, 7) is 7.73.